The van der Waals surface area contributed by atoms with Crippen molar-refractivity contribution in [3.8, 4) is 5.75 Å². The van der Waals surface area contributed by atoms with Gasteiger partial charge in [-0.25, -0.2) is 4.39 Å². The van der Waals surface area contributed by atoms with E-state index in [1.807, 2.05) is 0 Å². The Morgan fingerprint density at radius 2 is 2.08 bits per heavy atom. The lowest BCUT2D eigenvalue weighted by Gasteiger charge is -2.08. The molecular formula is C7H7BClFO3. The van der Waals surface area contributed by atoms with Crippen molar-refractivity contribution in [2.75, 3.05) is 7.11 Å². The van der Waals surface area contributed by atoms with E-state index in [1.165, 1.54) is 13.2 Å². The van der Waals surface area contributed by atoms with Crippen molar-refractivity contribution in [3.05, 3.63) is 23.0 Å². The molecule has 3 nitrogen and oxygen atoms in total. The summed E-state index contributed by atoms with van der Waals surface area (Å²) in [5.74, 6) is -0.792. The van der Waals surface area contributed by atoms with Gasteiger partial charge < -0.3 is 14.8 Å². The van der Waals surface area contributed by atoms with Crippen LogP contribution in [0.5, 0.6) is 5.75 Å². The molecule has 0 aliphatic carbocycles. The summed E-state index contributed by atoms with van der Waals surface area (Å²) in [6, 6.07) is 2.29. The van der Waals surface area contributed by atoms with E-state index in [9.17, 15) is 4.39 Å². The van der Waals surface area contributed by atoms with Crippen LogP contribution in [0.3, 0.4) is 0 Å². The van der Waals surface area contributed by atoms with Crippen LogP contribution in [0.25, 0.3) is 0 Å². The predicted molar refractivity (Wildman–Crippen MR) is 47.8 cm³/mol. The third kappa shape index (κ3) is 2.12. The molecule has 6 heteroatoms. The largest absolute Gasteiger partial charge is 0.497 e. The van der Waals surface area contributed by atoms with Crippen LogP contribution in [0.15, 0.2) is 12.1 Å². The highest BCUT2D eigenvalue weighted by Gasteiger charge is 2.22. The van der Waals surface area contributed by atoms with E-state index < -0.39 is 12.9 Å². The fourth-order valence-corrected chi connectivity index (χ4v) is 1.18. The Bertz CT molecular complexity index is 319. The van der Waals surface area contributed by atoms with Crippen LogP contribution in [0.4, 0.5) is 4.39 Å². The number of ether oxygens (including phenoxy) is 1. The highest BCUT2D eigenvalue weighted by Crippen LogP contribution is 2.17. The number of rotatable bonds is 2. The minimum absolute atomic E-state index is 0.0139. The van der Waals surface area contributed by atoms with Crippen molar-refractivity contribution in [2.24, 2.45) is 0 Å². The van der Waals surface area contributed by atoms with Gasteiger partial charge in [0.25, 0.3) is 0 Å². The van der Waals surface area contributed by atoms with Gasteiger partial charge in [0.1, 0.15) is 11.6 Å². The zero-order chi connectivity index (χ0) is 10.0. The third-order valence-corrected chi connectivity index (χ3v) is 1.75. The summed E-state index contributed by atoms with van der Waals surface area (Å²) < 4.78 is 17.8. The molecule has 0 amide bonds. The minimum Gasteiger partial charge on any atom is -0.497 e. The van der Waals surface area contributed by atoms with Gasteiger partial charge >= 0.3 is 7.12 Å². The van der Waals surface area contributed by atoms with E-state index in [0.29, 0.717) is 0 Å². The molecule has 0 aliphatic rings. The van der Waals surface area contributed by atoms with Crippen molar-refractivity contribution in [1.82, 2.24) is 0 Å². The van der Waals surface area contributed by atoms with Crippen LogP contribution < -0.4 is 10.2 Å². The lowest BCUT2D eigenvalue weighted by atomic mass is 9.79. The van der Waals surface area contributed by atoms with Crippen LogP contribution in [0.1, 0.15) is 0 Å². The van der Waals surface area contributed by atoms with Crippen molar-refractivity contribution >= 4 is 24.2 Å². The maximum absolute atomic E-state index is 13.1. The van der Waals surface area contributed by atoms with Crippen molar-refractivity contribution in [3.63, 3.8) is 0 Å². The molecule has 1 aromatic carbocycles. The molecule has 2 N–H and O–H groups in total. The van der Waals surface area contributed by atoms with E-state index in [-0.39, 0.29) is 16.2 Å². The van der Waals surface area contributed by atoms with Crippen LogP contribution in [-0.2, 0) is 0 Å². The predicted octanol–water partition coefficient (Wildman–Crippen LogP) is 0.168. The number of halogens is 2. The van der Waals surface area contributed by atoms with Gasteiger partial charge in [-0.15, -0.1) is 0 Å². The molecule has 70 valence electrons. The van der Waals surface area contributed by atoms with Crippen molar-refractivity contribution in [1.29, 1.82) is 0 Å². The number of benzene rings is 1. The van der Waals surface area contributed by atoms with E-state index in [4.69, 9.17) is 26.4 Å². The third-order valence-electron chi connectivity index (χ3n) is 1.53. The van der Waals surface area contributed by atoms with E-state index in [0.717, 1.165) is 6.07 Å². The van der Waals surface area contributed by atoms with Crippen LogP contribution >= 0.6 is 11.6 Å². The number of hydrogen-bond donors (Lipinski definition) is 2. The standard InChI is InChI=1S/C7H7BClFO3/c1-13-6-3-4(9)2-5(10)7(6)8(11)12/h2-3,11-12H,1H3. The van der Waals surface area contributed by atoms with Gasteiger partial charge in [-0.2, -0.15) is 0 Å². The van der Waals surface area contributed by atoms with Crippen LogP contribution in [-0.4, -0.2) is 24.3 Å². The van der Waals surface area contributed by atoms with Gasteiger partial charge in [-0.05, 0) is 12.1 Å². The molecule has 0 aliphatic heterocycles. The fourth-order valence-electron chi connectivity index (χ4n) is 0.981. The molecule has 0 heterocycles. The van der Waals surface area contributed by atoms with E-state index >= 15 is 0 Å². The number of hydrogen-bond acceptors (Lipinski definition) is 3. The lowest BCUT2D eigenvalue weighted by Crippen LogP contribution is -2.34. The molecular weight excluding hydrogens is 197 g/mol. The van der Waals surface area contributed by atoms with Gasteiger partial charge in [-0.1, -0.05) is 11.6 Å². The second kappa shape index (κ2) is 3.96. The molecule has 0 spiro atoms. The Morgan fingerprint density at radius 3 is 2.54 bits per heavy atom. The molecule has 0 saturated carbocycles. The van der Waals surface area contributed by atoms with Crippen molar-refractivity contribution < 1.29 is 19.2 Å². The molecule has 1 rings (SSSR count). The van der Waals surface area contributed by atoms with Crippen molar-refractivity contribution in [2.45, 2.75) is 0 Å². The summed E-state index contributed by atoms with van der Waals surface area (Å²) in [7, 11) is -0.621. The summed E-state index contributed by atoms with van der Waals surface area (Å²) in [5, 5.41) is 17.7. The summed E-state index contributed by atoms with van der Waals surface area (Å²) in [6.07, 6.45) is 0. The SMILES string of the molecule is COc1cc(Cl)cc(F)c1B(O)O. The minimum atomic E-state index is -1.91. The highest BCUT2D eigenvalue weighted by molar-refractivity contribution is 6.60. The first-order valence-corrected chi connectivity index (χ1v) is 3.83. The maximum Gasteiger partial charge on any atom is 0.495 e. The topological polar surface area (TPSA) is 49.7 Å². The molecule has 13 heavy (non-hydrogen) atoms. The molecule has 0 aromatic heterocycles. The Labute approximate surface area is 79.9 Å². The molecule has 0 radical (unpaired) electrons. The monoisotopic (exact) mass is 204 g/mol. The molecule has 0 unspecified atom stereocenters. The average molecular weight is 204 g/mol. The van der Waals surface area contributed by atoms with Crippen LogP contribution in [0, 0.1) is 5.82 Å². The Morgan fingerprint density at radius 1 is 1.46 bits per heavy atom. The first-order valence-electron chi connectivity index (χ1n) is 3.45. The maximum atomic E-state index is 13.1. The number of methoxy groups -OCH3 is 1. The van der Waals surface area contributed by atoms with Gasteiger partial charge in [0.15, 0.2) is 0 Å². The first kappa shape index (κ1) is 10.3. The summed E-state index contributed by atoms with van der Waals surface area (Å²) in [6.45, 7) is 0. The van der Waals surface area contributed by atoms with Gasteiger partial charge in [-0.3, -0.25) is 0 Å². The molecule has 0 atom stereocenters. The molecule has 0 saturated heterocycles. The van der Waals surface area contributed by atoms with E-state index in [2.05, 4.69) is 0 Å². The van der Waals surface area contributed by atoms with E-state index in [1.54, 1.807) is 0 Å². The molecule has 0 fully saturated rings. The second-order valence-electron chi connectivity index (χ2n) is 2.38. The zero-order valence-corrected chi connectivity index (χ0v) is 7.55. The van der Waals surface area contributed by atoms with Gasteiger partial charge in [0.05, 0.1) is 12.6 Å². The first-order chi connectivity index (χ1) is 6.06. The second-order valence-corrected chi connectivity index (χ2v) is 2.81. The fraction of sp³-hybridized carbons (Fsp3) is 0.143. The smallest absolute Gasteiger partial charge is 0.495 e. The lowest BCUT2D eigenvalue weighted by molar-refractivity contribution is 0.399. The quantitative estimate of drug-likeness (QED) is 0.675. The Hall–Kier alpha value is -0.775. The summed E-state index contributed by atoms with van der Waals surface area (Å²) in [5.41, 5.74) is -0.313. The Balaban J connectivity index is 3.30. The average Bonchev–Trinajstić information content (AvgIpc) is 2.01. The van der Waals surface area contributed by atoms with Crippen LogP contribution in [0.2, 0.25) is 5.02 Å². The Kier molecular flexibility index (Phi) is 3.14. The normalized spacial score (nSPS) is 9.92. The summed E-state index contributed by atoms with van der Waals surface area (Å²) >= 11 is 5.52. The van der Waals surface area contributed by atoms with Gasteiger partial charge in [0.2, 0.25) is 0 Å². The summed E-state index contributed by atoms with van der Waals surface area (Å²) in [4.78, 5) is 0. The zero-order valence-electron chi connectivity index (χ0n) is 6.79. The molecule has 0 bridgehead atoms. The molecule has 1 aromatic rings. The van der Waals surface area contributed by atoms with Gasteiger partial charge in [0, 0.05) is 5.02 Å². The highest BCUT2D eigenvalue weighted by atomic mass is 35.5.